The molecule has 2 nitrogen and oxygen atoms in total. The van der Waals surface area contributed by atoms with Crippen LogP contribution in [0.4, 0.5) is 0 Å². The van der Waals surface area contributed by atoms with Gasteiger partial charge in [0.15, 0.2) is 0 Å². The maximum atomic E-state index is 5.41. The molecule has 0 spiro atoms. The van der Waals surface area contributed by atoms with Crippen LogP contribution in [0.15, 0.2) is 11.6 Å². The molecule has 2 heteroatoms. The first-order chi connectivity index (χ1) is 7.61. The molecule has 0 aromatic heterocycles. The number of benzene rings is 1. The summed E-state index contributed by atoms with van der Waals surface area (Å²) in [5, 5.41) is 0. The lowest BCUT2D eigenvalue weighted by Crippen LogP contribution is -1.98. The summed E-state index contributed by atoms with van der Waals surface area (Å²) in [5.74, 6) is 2.12. The fourth-order valence-electron chi connectivity index (χ4n) is 2.40. The monoisotopic (exact) mass is 217 g/mol. The van der Waals surface area contributed by atoms with E-state index in [0.717, 1.165) is 17.1 Å². The molecule has 0 saturated carbocycles. The summed E-state index contributed by atoms with van der Waals surface area (Å²) >= 11 is 0. The molecular weight excluding hydrogens is 200 g/mol. The van der Waals surface area contributed by atoms with E-state index in [0.29, 0.717) is 5.92 Å². The number of hydrogen-bond donors (Lipinski definition) is 0. The van der Waals surface area contributed by atoms with Gasteiger partial charge in [0.05, 0.1) is 14.2 Å². The Morgan fingerprint density at radius 3 is 2.44 bits per heavy atom. The highest BCUT2D eigenvalue weighted by Gasteiger charge is 2.29. The van der Waals surface area contributed by atoms with E-state index >= 15 is 0 Å². The van der Waals surface area contributed by atoms with Gasteiger partial charge < -0.3 is 9.47 Å². The Morgan fingerprint density at radius 2 is 1.88 bits per heavy atom. The summed E-state index contributed by atoms with van der Waals surface area (Å²) < 4.78 is 10.8. The van der Waals surface area contributed by atoms with Crippen LogP contribution in [-0.2, 0) is 0 Å². The minimum atomic E-state index is 0.397. The van der Waals surface area contributed by atoms with Crippen LogP contribution in [0.1, 0.15) is 37.8 Å². The summed E-state index contributed by atoms with van der Waals surface area (Å²) in [5.41, 5.74) is 5.06. The highest BCUT2D eigenvalue weighted by Crippen LogP contribution is 2.49. The minimum absolute atomic E-state index is 0.397. The summed E-state index contributed by atoms with van der Waals surface area (Å²) in [7, 11) is 3.38. The van der Waals surface area contributed by atoms with Gasteiger partial charge in [-0.2, -0.15) is 0 Å². The molecule has 1 unspecified atom stereocenters. The third-order valence-electron chi connectivity index (χ3n) is 3.57. The van der Waals surface area contributed by atoms with Gasteiger partial charge in [0.1, 0.15) is 11.5 Å². The molecule has 0 aliphatic heterocycles. The van der Waals surface area contributed by atoms with E-state index in [-0.39, 0.29) is 0 Å². The SMILES string of the molecule is COc1[c]cc(OC)c2c1C(C)=C(C)C2C. The molecule has 1 aromatic rings. The molecule has 16 heavy (non-hydrogen) atoms. The van der Waals surface area contributed by atoms with E-state index in [1.165, 1.54) is 16.7 Å². The molecule has 1 aliphatic carbocycles. The Morgan fingerprint density at radius 1 is 1.19 bits per heavy atom. The lowest BCUT2D eigenvalue weighted by molar-refractivity contribution is 0.397. The molecule has 85 valence electrons. The van der Waals surface area contributed by atoms with Crippen LogP contribution in [-0.4, -0.2) is 14.2 Å². The van der Waals surface area contributed by atoms with Crippen molar-refractivity contribution in [3.63, 3.8) is 0 Å². The molecule has 0 fully saturated rings. The zero-order chi connectivity index (χ0) is 11.9. The van der Waals surface area contributed by atoms with Crippen LogP contribution in [0, 0.1) is 6.07 Å². The number of ether oxygens (including phenoxy) is 2. The van der Waals surface area contributed by atoms with Crippen molar-refractivity contribution in [1.82, 2.24) is 0 Å². The average molecular weight is 217 g/mol. The lowest BCUT2D eigenvalue weighted by atomic mass is 9.97. The molecular formula is C14H17O2. The number of rotatable bonds is 2. The molecule has 0 amide bonds. The van der Waals surface area contributed by atoms with Crippen LogP contribution in [0.3, 0.4) is 0 Å². The lowest BCUT2D eigenvalue weighted by Gasteiger charge is -2.14. The van der Waals surface area contributed by atoms with Crippen molar-refractivity contribution in [2.45, 2.75) is 26.7 Å². The van der Waals surface area contributed by atoms with Crippen LogP contribution in [0.5, 0.6) is 11.5 Å². The predicted octanol–water partition coefficient (Wildman–Crippen LogP) is 3.41. The molecule has 0 saturated heterocycles. The van der Waals surface area contributed by atoms with E-state index in [4.69, 9.17) is 9.47 Å². The molecule has 0 N–H and O–H groups in total. The van der Waals surface area contributed by atoms with Gasteiger partial charge in [-0.05, 0) is 25.5 Å². The van der Waals surface area contributed by atoms with Gasteiger partial charge in [-0.25, -0.2) is 0 Å². The average Bonchev–Trinajstić information content (AvgIpc) is 2.54. The third kappa shape index (κ3) is 1.33. The number of hydrogen-bond acceptors (Lipinski definition) is 2. The van der Waals surface area contributed by atoms with Gasteiger partial charge in [0, 0.05) is 23.1 Å². The summed E-state index contributed by atoms with van der Waals surface area (Å²) in [6.45, 7) is 6.50. The van der Waals surface area contributed by atoms with Gasteiger partial charge in [-0.1, -0.05) is 12.5 Å². The first-order valence-electron chi connectivity index (χ1n) is 5.46. The Kier molecular flexibility index (Phi) is 2.66. The van der Waals surface area contributed by atoms with E-state index in [1.807, 2.05) is 6.07 Å². The van der Waals surface area contributed by atoms with E-state index in [2.05, 4.69) is 26.8 Å². The van der Waals surface area contributed by atoms with Crippen molar-refractivity contribution >= 4 is 5.57 Å². The highest BCUT2D eigenvalue weighted by molar-refractivity contribution is 5.82. The van der Waals surface area contributed by atoms with Crippen LogP contribution in [0.2, 0.25) is 0 Å². The van der Waals surface area contributed by atoms with Gasteiger partial charge in [-0.3, -0.25) is 0 Å². The van der Waals surface area contributed by atoms with Crippen LogP contribution >= 0.6 is 0 Å². The van der Waals surface area contributed by atoms with E-state index in [1.54, 1.807) is 14.2 Å². The second-order valence-corrected chi connectivity index (χ2v) is 4.21. The number of allylic oxidation sites excluding steroid dienone is 2. The zero-order valence-electron chi connectivity index (χ0n) is 10.5. The third-order valence-corrected chi connectivity index (χ3v) is 3.57. The van der Waals surface area contributed by atoms with Crippen molar-refractivity contribution in [3.8, 4) is 11.5 Å². The Balaban J connectivity index is 2.72. The van der Waals surface area contributed by atoms with E-state index < -0.39 is 0 Å². The molecule has 0 heterocycles. The van der Waals surface area contributed by atoms with Gasteiger partial charge in [0.25, 0.3) is 0 Å². The van der Waals surface area contributed by atoms with E-state index in [9.17, 15) is 0 Å². The largest absolute Gasteiger partial charge is 0.496 e. The molecule has 1 aromatic carbocycles. The second kappa shape index (κ2) is 3.85. The predicted molar refractivity (Wildman–Crippen MR) is 65.1 cm³/mol. The minimum Gasteiger partial charge on any atom is -0.496 e. The zero-order valence-corrected chi connectivity index (χ0v) is 10.5. The maximum Gasteiger partial charge on any atom is 0.134 e. The van der Waals surface area contributed by atoms with Crippen molar-refractivity contribution in [3.05, 3.63) is 28.8 Å². The van der Waals surface area contributed by atoms with Crippen molar-refractivity contribution in [2.75, 3.05) is 14.2 Å². The molecule has 1 atom stereocenters. The maximum absolute atomic E-state index is 5.41. The van der Waals surface area contributed by atoms with Gasteiger partial charge in [-0.15, -0.1) is 0 Å². The Labute approximate surface area is 96.9 Å². The normalized spacial score (nSPS) is 18.7. The second-order valence-electron chi connectivity index (χ2n) is 4.21. The number of methoxy groups -OCH3 is 2. The first kappa shape index (κ1) is 11.1. The summed E-state index contributed by atoms with van der Waals surface area (Å²) in [6.07, 6.45) is 0. The highest BCUT2D eigenvalue weighted by atomic mass is 16.5. The summed E-state index contributed by atoms with van der Waals surface area (Å²) in [6, 6.07) is 4.99. The quantitative estimate of drug-likeness (QED) is 0.755. The van der Waals surface area contributed by atoms with Gasteiger partial charge in [0.2, 0.25) is 0 Å². The van der Waals surface area contributed by atoms with Crippen LogP contribution < -0.4 is 9.47 Å². The van der Waals surface area contributed by atoms with Gasteiger partial charge >= 0.3 is 0 Å². The fourth-order valence-corrected chi connectivity index (χ4v) is 2.40. The smallest absolute Gasteiger partial charge is 0.134 e. The van der Waals surface area contributed by atoms with Crippen molar-refractivity contribution in [2.24, 2.45) is 0 Å². The van der Waals surface area contributed by atoms with Crippen molar-refractivity contribution in [1.29, 1.82) is 0 Å². The molecule has 1 aliphatic rings. The Bertz CT molecular complexity index is 458. The fraction of sp³-hybridized carbons (Fsp3) is 0.429. The summed E-state index contributed by atoms with van der Waals surface area (Å²) in [4.78, 5) is 0. The number of fused-ring (bicyclic) bond motifs is 1. The van der Waals surface area contributed by atoms with Crippen LogP contribution in [0.25, 0.3) is 5.57 Å². The van der Waals surface area contributed by atoms with Crippen molar-refractivity contribution < 1.29 is 9.47 Å². The topological polar surface area (TPSA) is 18.5 Å². The first-order valence-corrected chi connectivity index (χ1v) is 5.46. The molecule has 2 rings (SSSR count). The standard InChI is InChI=1S/C14H17O2/c1-8-9(2)13-11(15-4)6-7-12(16-5)14(13)10(8)3/h6,9H,1-5H3. The molecule has 1 radical (unpaired) electrons. The Hall–Kier alpha value is -1.44. The molecule has 0 bridgehead atoms.